The van der Waals surface area contributed by atoms with Gasteiger partial charge in [-0.2, -0.15) is 0 Å². The minimum Gasteiger partial charge on any atom is -0.497 e. The number of nitrogens with zero attached hydrogens (tertiary/aromatic N) is 1. The predicted molar refractivity (Wildman–Crippen MR) is 74.7 cm³/mol. The van der Waals surface area contributed by atoms with Gasteiger partial charge in [0.2, 0.25) is 0 Å². The lowest BCUT2D eigenvalue weighted by molar-refractivity contribution is 0.0713. The summed E-state index contributed by atoms with van der Waals surface area (Å²) in [4.78, 5) is 2.22. The second kappa shape index (κ2) is 7.16. The molecule has 0 aromatic heterocycles. The fraction of sp³-hybridized carbons (Fsp3) is 0.467. The first-order valence-corrected chi connectivity index (χ1v) is 6.60. The molecule has 0 spiro atoms. The van der Waals surface area contributed by atoms with Crippen LogP contribution < -0.4 is 9.47 Å². The topological polar surface area (TPSA) is 41.9 Å². The highest BCUT2D eigenvalue weighted by Crippen LogP contribution is 2.17. The van der Waals surface area contributed by atoms with Gasteiger partial charge >= 0.3 is 0 Å². The van der Waals surface area contributed by atoms with Crippen molar-refractivity contribution >= 4 is 0 Å². The average molecular weight is 263 g/mol. The highest BCUT2D eigenvalue weighted by atomic mass is 16.5. The predicted octanol–water partition coefficient (Wildman–Crippen LogP) is 1.70. The molecule has 0 radical (unpaired) electrons. The quantitative estimate of drug-likeness (QED) is 0.793. The number of aliphatic hydroxyl groups is 1. The summed E-state index contributed by atoms with van der Waals surface area (Å²) in [5.41, 5.74) is 0. The molecule has 19 heavy (non-hydrogen) atoms. The van der Waals surface area contributed by atoms with Gasteiger partial charge in [0.05, 0.1) is 7.11 Å². The summed E-state index contributed by atoms with van der Waals surface area (Å²) < 4.78 is 10.6. The van der Waals surface area contributed by atoms with E-state index in [-0.39, 0.29) is 0 Å². The van der Waals surface area contributed by atoms with Gasteiger partial charge in [-0.05, 0) is 30.7 Å². The molecular weight excluding hydrogens is 242 g/mol. The van der Waals surface area contributed by atoms with Crippen LogP contribution in [-0.4, -0.2) is 49.5 Å². The summed E-state index contributed by atoms with van der Waals surface area (Å²) in [6.45, 7) is 2.89. The Morgan fingerprint density at radius 1 is 1.21 bits per heavy atom. The molecule has 1 aliphatic heterocycles. The maximum absolute atomic E-state index is 9.95. The molecule has 104 valence electrons. The van der Waals surface area contributed by atoms with Crippen LogP contribution in [0.4, 0.5) is 0 Å². The van der Waals surface area contributed by atoms with Gasteiger partial charge in [-0.1, -0.05) is 12.2 Å². The van der Waals surface area contributed by atoms with E-state index in [1.807, 2.05) is 24.3 Å². The zero-order valence-corrected chi connectivity index (χ0v) is 11.3. The molecule has 1 aromatic carbocycles. The van der Waals surface area contributed by atoms with Crippen molar-refractivity contribution in [2.24, 2.45) is 0 Å². The summed E-state index contributed by atoms with van der Waals surface area (Å²) >= 11 is 0. The molecule has 0 bridgehead atoms. The molecule has 1 N–H and O–H groups in total. The Bertz CT molecular complexity index is 402. The number of methoxy groups -OCH3 is 1. The fourth-order valence-electron chi connectivity index (χ4n) is 2.07. The fourth-order valence-corrected chi connectivity index (χ4v) is 2.07. The lowest BCUT2D eigenvalue weighted by Crippen LogP contribution is -2.37. The summed E-state index contributed by atoms with van der Waals surface area (Å²) in [6, 6.07) is 7.37. The number of hydrogen-bond acceptors (Lipinski definition) is 4. The number of β-amino-alcohol motifs (C(OH)–C–C–N with tert-alkyl or cyclic N) is 1. The molecular formula is C15H21NO3. The maximum atomic E-state index is 9.95. The second-order valence-corrected chi connectivity index (χ2v) is 4.66. The molecule has 1 heterocycles. The van der Waals surface area contributed by atoms with Crippen LogP contribution >= 0.6 is 0 Å². The third kappa shape index (κ3) is 4.58. The number of benzene rings is 1. The van der Waals surface area contributed by atoms with Crippen LogP contribution in [0.15, 0.2) is 36.4 Å². The van der Waals surface area contributed by atoms with Gasteiger partial charge in [-0.3, -0.25) is 4.90 Å². The molecule has 0 aliphatic carbocycles. The first-order valence-electron chi connectivity index (χ1n) is 6.60. The monoisotopic (exact) mass is 263 g/mol. The molecule has 4 heteroatoms. The molecule has 1 aliphatic rings. The standard InChI is InChI=1S/C15H21NO3/c1-18-14-5-7-15(8-6-14)19-12-13(17)11-16-9-3-2-4-10-16/h2-3,5-8,13,17H,4,9-12H2,1H3. The van der Waals surface area contributed by atoms with E-state index < -0.39 is 6.10 Å². The van der Waals surface area contributed by atoms with Crippen molar-refractivity contribution in [3.8, 4) is 11.5 Å². The van der Waals surface area contributed by atoms with Gasteiger partial charge in [0.15, 0.2) is 0 Å². The Kier molecular flexibility index (Phi) is 5.24. The van der Waals surface area contributed by atoms with Crippen LogP contribution in [0.1, 0.15) is 6.42 Å². The highest BCUT2D eigenvalue weighted by molar-refractivity contribution is 5.31. The van der Waals surface area contributed by atoms with Crippen molar-refractivity contribution in [2.45, 2.75) is 12.5 Å². The van der Waals surface area contributed by atoms with Crippen LogP contribution in [0, 0.1) is 0 Å². The third-order valence-corrected chi connectivity index (χ3v) is 3.11. The van der Waals surface area contributed by atoms with E-state index in [2.05, 4.69) is 17.1 Å². The van der Waals surface area contributed by atoms with E-state index in [0.717, 1.165) is 31.0 Å². The Morgan fingerprint density at radius 2 is 1.95 bits per heavy atom. The molecule has 1 unspecified atom stereocenters. The third-order valence-electron chi connectivity index (χ3n) is 3.11. The SMILES string of the molecule is COc1ccc(OCC(O)CN2CC=CCC2)cc1. The van der Waals surface area contributed by atoms with Crippen LogP contribution in [0.3, 0.4) is 0 Å². The minimum atomic E-state index is -0.464. The number of hydrogen-bond donors (Lipinski definition) is 1. The second-order valence-electron chi connectivity index (χ2n) is 4.66. The van der Waals surface area contributed by atoms with Gasteiger partial charge in [0, 0.05) is 19.6 Å². The Hall–Kier alpha value is -1.52. The first kappa shape index (κ1) is 13.9. The minimum absolute atomic E-state index is 0.312. The molecule has 4 nitrogen and oxygen atoms in total. The van der Waals surface area contributed by atoms with Crippen molar-refractivity contribution in [1.82, 2.24) is 4.90 Å². The Labute approximate surface area is 114 Å². The van der Waals surface area contributed by atoms with Crippen molar-refractivity contribution in [3.05, 3.63) is 36.4 Å². The molecule has 1 aromatic rings. The number of ether oxygens (including phenoxy) is 2. The van der Waals surface area contributed by atoms with Crippen LogP contribution in [0.25, 0.3) is 0 Å². The molecule has 0 saturated heterocycles. The lowest BCUT2D eigenvalue weighted by atomic mass is 10.2. The first-order chi connectivity index (χ1) is 9.28. The molecule has 0 amide bonds. The lowest BCUT2D eigenvalue weighted by Gasteiger charge is -2.25. The zero-order chi connectivity index (χ0) is 13.5. The van der Waals surface area contributed by atoms with E-state index in [4.69, 9.17) is 9.47 Å². The van der Waals surface area contributed by atoms with Gasteiger partial charge < -0.3 is 14.6 Å². The van der Waals surface area contributed by atoms with Crippen LogP contribution in [0.5, 0.6) is 11.5 Å². The highest BCUT2D eigenvalue weighted by Gasteiger charge is 2.12. The van der Waals surface area contributed by atoms with Gasteiger partial charge in [0.1, 0.15) is 24.2 Å². The van der Waals surface area contributed by atoms with Gasteiger partial charge in [-0.15, -0.1) is 0 Å². The van der Waals surface area contributed by atoms with Crippen LogP contribution in [0.2, 0.25) is 0 Å². The summed E-state index contributed by atoms with van der Waals surface area (Å²) in [5.74, 6) is 1.55. The van der Waals surface area contributed by atoms with Crippen LogP contribution in [-0.2, 0) is 0 Å². The molecule has 2 rings (SSSR count). The molecule has 0 saturated carbocycles. The van der Waals surface area contributed by atoms with Crippen molar-refractivity contribution in [1.29, 1.82) is 0 Å². The van der Waals surface area contributed by atoms with E-state index in [1.165, 1.54) is 0 Å². The molecule has 1 atom stereocenters. The average Bonchev–Trinajstić information content (AvgIpc) is 2.47. The summed E-state index contributed by atoms with van der Waals surface area (Å²) in [7, 11) is 1.63. The zero-order valence-electron chi connectivity index (χ0n) is 11.3. The largest absolute Gasteiger partial charge is 0.497 e. The normalized spacial score (nSPS) is 17.2. The number of aliphatic hydroxyl groups excluding tert-OH is 1. The maximum Gasteiger partial charge on any atom is 0.119 e. The van der Waals surface area contributed by atoms with Gasteiger partial charge in [-0.25, -0.2) is 0 Å². The van der Waals surface area contributed by atoms with E-state index in [1.54, 1.807) is 7.11 Å². The number of rotatable bonds is 6. The Morgan fingerprint density at radius 3 is 2.58 bits per heavy atom. The Balaban J connectivity index is 1.72. The van der Waals surface area contributed by atoms with E-state index in [0.29, 0.717) is 13.2 Å². The van der Waals surface area contributed by atoms with Crippen molar-refractivity contribution in [3.63, 3.8) is 0 Å². The smallest absolute Gasteiger partial charge is 0.119 e. The summed E-state index contributed by atoms with van der Waals surface area (Å²) in [6.07, 6.45) is 4.91. The van der Waals surface area contributed by atoms with Crippen molar-refractivity contribution < 1.29 is 14.6 Å². The van der Waals surface area contributed by atoms with E-state index in [9.17, 15) is 5.11 Å². The summed E-state index contributed by atoms with van der Waals surface area (Å²) in [5, 5.41) is 9.95. The van der Waals surface area contributed by atoms with Crippen molar-refractivity contribution in [2.75, 3.05) is 33.4 Å². The van der Waals surface area contributed by atoms with Gasteiger partial charge in [0.25, 0.3) is 0 Å². The van der Waals surface area contributed by atoms with E-state index >= 15 is 0 Å². The molecule has 0 fully saturated rings.